The third-order valence-electron chi connectivity index (χ3n) is 3.96. The lowest BCUT2D eigenvalue weighted by Gasteiger charge is -2.34. The van der Waals surface area contributed by atoms with Gasteiger partial charge in [-0.2, -0.15) is 0 Å². The van der Waals surface area contributed by atoms with Crippen LogP contribution >= 0.6 is 0 Å². The van der Waals surface area contributed by atoms with Crippen molar-refractivity contribution in [2.75, 3.05) is 37.6 Å². The second kappa shape index (κ2) is 7.41. The molecule has 1 N–H and O–H groups in total. The van der Waals surface area contributed by atoms with Gasteiger partial charge in [-0.3, -0.25) is 4.79 Å². The molecule has 2 heterocycles. The molecule has 0 aromatic carbocycles. The van der Waals surface area contributed by atoms with Crippen LogP contribution in [0.3, 0.4) is 0 Å². The Morgan fingerprint density at radius 1 is 1.48 bits per heavy atom. The number of anilines is 1. The van der Waals surface area contributed by atoms with Crippen LogP contribution in [0.2, 0.25) is 0 Å². The molecule has 116 valence electrons. The third-order valence-corrected chi connectivity index (χ3v) is 3.96. The molecule has 5 nitrogen and oxygen atoms in total. The summed E-state index contributed by atoms with van der Waals surface area (Å²) in [7, 11) is 0. The lowest BCUT2D eigenvalue weighted by atomic mass is 10.1. The zero-order chi connectivity index (χ0) is 15.2. The molecular weight excluding hydrogens is 264 g/mol. The average Bonchev–Trinajstić information content (AvgIpc) is 2.52. The van der Waals surface area contributed by atoms with E-state index in [0.717, 1.165) is 45.0 Å². The average molecular weight is 290 g/mol. The minimum atomic E-state index is 0.0848. The fourth-order valence-electron chi connectivity index (χ4n) is 2.71. The van der Waals surface area contributed by atoms with E-state index >= 15 is 0 Å². The van der Waals surface area contributed by atoms with Gasteiger partial charge in [0.1, 0.15) is 5.82 Å². The molecule has 0 spiro atoms. The van der Waals surface area contributed by atoms with Crippen LogP contribution in [0.5, 0.6) is 0 Å². The van der Waals surface area contributed by atoms with E-state index in [2.05, 4.69) is 36.0 Å². The van der Waals surface area contributed by atoms with Gasteiger partial charge in [0.05, 0.1) is 5.56 Å². The summed E-state index contributed by atoms with van der Waals surface area (Å²) in [6, 6.07) is 4.09. The fourth-order valence-corrected chi connectivity index (χ4v) is 2.71. The van der Waals surface area contributed by atoms with Crippen molar-refractivity contribution in [2.45, 2.75) is 33.2 Å². The SMILES string of the molecule is CCCN(CC)c1ccc(C(=O)N2CCNCC2C)cn1. The Balaban J connectivity index is 2.09. The first-order valence-corrected chi connectivity index (χ1v) is 7.90. The minimum Gasteiger partial charge on any atom is -0.357 e. The number of hydrogen-bond acceptors (Lipinski definition) is 4. The molecule has 1 aliphatic rings. The lowest BCUT2D eigenvalue weighted by Crippen LogP contribution is -2.52. The van der Waals surface area contributed by atoms with Crippen molar-refractivity contribution in [3.63, 3.8) is 0 Å². The van der Waals surface area contributed by atoms with Crippen LogP contribution in [0.4, 0.5) is 5.82 Å². The number of amides is 1. The normalized spacial score (nSPS) is 18.6. The first kappa shape index (κ1) is 15.8. The van der Waals surface area contributed by atoms with Crippen molar-refractivity contribution >= 4 is 11.7 Å². The number of nitrogens with zero attached hydrogens (tertiary/aromatic N) is 3. The molecule has 1 fully saturated rings. The number of hydrogen-bond donors (Lipinski definition) is 1. The van der Waals surface area contributed by atoms with Gasteiger partial charge < -0.3 is 15.1 Å². The van der Waals surface area contributed by atoms with Crippen LogP contribution in [0.1, 0.15) is 37.6 Å². The van der Waals surface area contributed by atoms with Crippen molar-refractivity contribution in [3.8, 4) is 0 Å². The maximum Gasteiger partial charge on any atom is 0.255 e. The number of carbonyl (C=O) groups excluding carboxylic acids is 1. The molecule has 5 heteroatoms. The van der Waals surface area contributed by atoms with Gasteiger partial charge in [-0.15, -0.1) is 0 Å². The van der Waals surface area contributed by atoms with Gasteiger partial charge in [0.15, 0.2) is 0 Å². The Kier molecular flexibility index (Phi) is 5.56. The number of aromatic nitrogens is 1. The molecule has 0 radical (unpaired) electrons. The Morgan fingerprint density at radius 2 is 2.29 bits per heavy atom. The molecule has 2 rings (SSSR count). The fraction of sp³-hybridized carbons (Fsp3) is 0.625. The van der Waals surface area contributed by atoms with Crippen molar-refractivity contribution in [1.29, 1.82) is 0 Å². The largest absolute Gasteiger partial charge is 0.357 e. The van der Waals surface area contributed by atoms with Crippen LogP contribution in [-0.4, -0.2) is 54.6 Å². The Labute approximate surface area is 127 Å². The zero-order valence-electron chi connectivity index (χ0n) is 13.3. The van der Waals surface area contributed by atoms with Crippen LogP contribution in [0.15, 0.2) is 18.3 Å². The van der Waals surface area contributed by atoms with E-state index in [4.69, 9.17) is 0 Å². The third kappa shape index (κ3) is 3.73. The summed E-state index contributed by atoms with van der Waals surface area (Å²) in [4.78, 5) is 21.2. The van der Waals surface area contributed by atoms with Crippen molar-refractivity contribution in [2.24, 2.45) is 0 Å². The van der Waals surface area contributed by atoms with Crippen LogP contribution in [0, 0.1) is 0 Å². The van der Waals surface area contributed by atoms with Gasteiger partial charge in [0.25, 0.3) is 5.91 Å². The van der Waals surface area contributed by atoms with Crippen molar-refractivity contribution < 1.29 is 4.79 Å². The van der Waals surface area contributed by atoms with Crippen LogP contribution < -0.4 is 10.2 Å². The lowest BCUT2D eigenvalue weighted by molar-refractivity contribution is 0.0655. The summed E-state index contributed by atoms with van der Waals surface area (Å²) in [5.74, 6) is 1.03. The van der Waals surface area contributed by atoms with Gasteiger partial charge in [-0.05, 0) is 32.4 Å². The highest BCUT2D eigenvalue weighted by molar-refractivity contribution is 5.94. The van der Waals surface area contributed by atoms with Crippen molar-refractivity contribution in [1.82, 2.24) is 15.2 Å². The predicted octanol–water partition coefficient (Wildman–Crippen LogP) is 1.75. The second-order valence-electron chi connectivity index (χ2n) is 5.54. The quantitative estimate of drug-likeness (QED) is 0.897. The molecule has 1 aromatic heterocycles. The molecule has 0 aliphatic carbocycles. The first-order chi connectivity index (χ1) is 10.2. The number of rotatable bonds is 5. The maximum atomic E-state index is 12.5. The number of piperazine rings is 1. The monoisotopic (exact) mass is 290 g/mol. The molecule has 1 atom stereocenters. The molecule has 1 saturated heterocycles. The van der Waals surface area contributed by atoms with Gasteiger partial charge in [-0.25, -0.2) is 4.98 Å². The van der Waals surface area contributed by atoms with E-state index in [1.807, 2.05) is 17.0 Å². The highest BCUT2D eigenvalue weighted by Crippen LogP contribution is 2.14. The number of carbonyl (C=O) groups is 1. The van der Waals surface area contributed by atoms with E-state index < -0.39 is 0 Å². The molecule has 21 heavy (non-hydrogen) atoms. The standard InChI is InChI=1S/C16H26N4O/c1-4-9-19(5-2)15-7-6-14(12-18-15)16(21)20-10-8-17-11-13(20)3/h6-7,12-13,17H,4-5,8-11H2,1-3H3. The number of nitrogens with one attached hydrogen (secondary N) is 1. The molecule has 1 aromatic rings. The van der Waals surface area contributed by atoms with E-state index in [-0.39, 0.29) is 11.9 Å². The van der Waals surface area contributed by atoms with Crippen LogP contribution in [-0.2, 0) is 0 Å². The van der Waals surface area contributed by atoms with Crippen molar-refractivity contribution in [3.05, 3.63) is 23.9 Å². The Hall–Kier alpha value is -1.62. The topological polar surface area (TPSA) is 48.5 Å². The van der Waals surface area contributed by atoms with E-state index in [1.54, 1.807) is 6.20 Å². The predicted molar refractivity (Wildman–Crippen MR) is 85.8 cm³/mol. The Morgan fingerprint density at radius 3 is 2.86 bits per heavy atom. The van der Waals surface area contributed by atoms with E-state index in [1.165, 1.54) is 0 Å². The molecular formula is C16H26N4O. The molecule has 1 amide bonds. The summed E-state index contributed by atoms with van der Waals surface area (Å²) in [5, 5.41) is 3.30. The minimum absolute atomic E-state index is 0.0848. The first-order valence-electron chi connectivity index (χ1n) is 7.90. The van der Waals surface area contributed by atoms with Gasteiger partial charge in [0, 0.05) is 45.0 Å². The number of pyridine rings is 1. The highest BCUT2D eigenvalue weighted by Gasteiger charge is 2.24. The summed E-state index contributed by atoms with van der Waals surface area (Å²) >= 11 is 0. The summed E-state index contributed by atoms with van der Waals surface area (Å²) < 4.78 is 0. The highest BCUT2D eigenvalue weighted by atomic mass is 16.2. The smallest absolute Gasteiger partial charge is 0.255 e. The summed E-state index contributed by atoms with van der Waals surface area (Å²) in [6.45, 7) is 10.8. The van der Waals surface area contributed by atoms with Gasteiger partial charge in [-0.1, -0.05) is 6.92 Å². The van der Waals surface area contributed by atoms with E-state index in [0.29, 0.717) is 5.56 Å². The summed E-state index contributed by atoms with van der Waals surface area (Å²) in [5.41, 5.74) is 0.681. The summed E-state index contributed by atoms with van der Waals surface area (Å²) in [6.07, 6.45) is 2.80. The molecule has 0 saturated carbocycles. The molecule has 0 bridgehead atoms. The molecule has 1 aliphatic heterocycles. The molecule has 1 unspecified atom stereocenters. The second-order valence-corrected chi connectivity index (χ2v) is 5.54. The van der Waals surface area contributed by atoms with E-state index in [9.17, 15) is 4.79 Å². The van der Waals surface area contributed by atoms with Crippen LogP contribution in [0.25, 0.3) is 0 Å². The Bertz CT molecular complexity index is 460. The van der Waals surface area contributed by atoms with Gasteiger partial charge >= 0.3 is 0 Å². The zero-order valence-corrected chi connectivity index (χ0v) is 13.3. The van der Waals surface area contributed by atoms with Gasteiger partial charge in [0.2, 0.25) is 0 Å². The maximum absolute atomic E-state index is 12.5.